The Morgan fingerprint density at radius 3 is 2.56 bits per heavy atom. The summed E-state index contributed by atoms with van der Waals surface area (Å²) in [6, 6.07) is 14.0. The van der Waals surface area contributed by atoms with Gasteiger partial charge in [-0.25, -0.2) is 4.79 Å². The first-order valence-electron chi connectivity index (χ1n) is 4.82. The number of carbonyl (C=O) groups is 1. The Hall–Kier alpha value is -1.87. The van der Waals surface area contributed by atoms with Crippen molar-refractivity contribution in [2.24, 2.45) is 0 Å². The van der Waals surface area contributed by atoms with E-state index in [0.717, 1.165) is 21.4 Å². The SMILES string of the molecule is O=C(O)/C=C/c1ccc(-c2ccccc2)s1. The van der Waals surface area contributed by atoms with Gasteiger partial charge in [0.15, 0.2) is 0 Å². The maximum absolute atomic E-state index is 10.4. The summed E-state index contributed by atoms with van der Waals surface area (Å²) < 4.78 is 0. The van der Waals surface area contributed by atoms with Crippen molar-refractivity contribution >= 4 is 23.4 Å². The van der Waals surface area contributed by atoms with Crippen molar-refractivity contribution in [1.29, 1.82) is 0 Å². The van der Waals surface area contributed by atoms with E-state index in [2.05, 4.69) is 0 Å². The van der Waals surface area contributed by atoms with Crippen LogP contribution >= 0.6 is 11.3 Å². The van der Waals surface area contributed by atoms with Gasteiger partial charge in [0.1, 0.15) is 0 Å². The zero-order valence-corrected chi connectivity index (χ0v) is 9.28. The smallest absolute Gasteiger partial charge is 0.328 e. The van der Waals surface area contributed by atoms with E-state index in [4.69, 9.17) is 5.11 Å². The highest BCUT2D eigenvalue weighted by Gasteiger charge is 2.00. The van der Waals surface area contributed by atoms with Gasteiger partial charge in [-0.1, -0.05) is 30.3 Å². The van der Waals surface area contributed by atoms with Crippen LogP contribution in [0.2, 0.25) is 0 Å². The van der Waals surface area contributed by atoms with Gasteiger partial charge in [0.2, 0.25) is 0 Å². The van der Waals surface area contributed by atoms with Crippen molar-refractivity contribution in [1.82, 2.24) is 0 Å². The van der Waals surface area contributed by atoms with Crippen molar-refractivity contribution in [3.63, 3.8) is 0 Å². The van der Waals surface area contributed by atoms with E-state index in [9.17, 15) is 4.79 Å². The molecule has 2 nitrogen and oxygen atoms in total. The number of carboxylic acid groups (broad SMARTS) is 1. The highest BCUT2D eigenvalue weighted by Crippen LogP contribution is 2.28. The lowest BCUT2D eigenvalue weighted by Crippen LogP contribution is -1.84. The second-order valence-electron chi connectivity index (χ2n) is 3.24. The average Bonchev–Trinajstić information content (AvgIpc) is 2.76. The Kier molecular flexibility index (Phi) is 3.17. The monoisotopic (exact) mass is 230 g/mol. The summed E-state index contributed by atoms with van der Waals surface area (Å²) in [6.45, 7) is 0. The molecule has 0 bridgehead atoms. The summed E-state index contributed by atoms with van der Waals surface area (Å²) in [5.41, 5.74) is 1.16. The lowest BCUT2D eigenvalue weighted by molar-refractivity contribution is -0.131. The van der Waals surface area contributed by atoms with Crippen molar-refractivity contribution in [2.75, 3.05) is 0 Å². The fourth-order valence-corrected chi connectivity index (χ4v) is 2.27. The molecule has 1 N–H and O–H groups in total. The zero-order chi connectivity index (χ0) is 11.4. The van der Waals surface area contributed by atoms with Crippen LogP contribution in [0.5, 0.6) is 0 Å². The second-order valence-corrected chi connectivity index (χ2v) is 4.35. The maximum atomic E-state index is 10.4. The molecule has 3 heteroatoms. The standard InChI is InChI=1S/C13H10O2S/c14-13(15)9-7-11-6-8-12(16-11)10-4-2-1-3-5-10/h1-9H,(H,14,15)/b9-7+. The minimum atomic E-state index is -0.922. The van der Waals surface area contributed by atoms with Crippen molar-refractivity contribution in [3.8, 4) is 10.4 Å². The third-order valence-corrected chi connectivity index (χ3v) is 3.17. The van der Waals surface area contributed by atoms with Gasteiger partial charge in [-0.05, 0) is 23.8 Å². The molecule has 2 aromatic rings. The van der Waals surface area contributed by atoms with E-state index in [1.165, 1.54) is 0 Å². The number of thiophene rings is 1. The van der Waals surface area contributed by atoms with E-state index in [-0.39, 0.29) is 0 Å². The molecule has 0 fully saturated rings. The molecular formula is C13H10O2S. The first-order chi connectivity index (χ1) is 7.75. The predicted molar refractivity (Wildman–Crippen MR) is 66.4 cm³/mol. The highest BCUT2D eigenvalue weighted by molar-refractivity contribution is 7.16. The van der Waals surface area contributed by atoms with Crippen LogP contribution in [0.15, 0.2) is 48.5 Å². The summed E-state index contributed by atoms with van der Waals surface area (Å²) in [4.78, 5) is 12.5. The lowest BCUT2D eigenvalue weighted by atomic mass is 10.2. The topological polar surface area (TPSA) is 37.3 Å². The van der Waals surface area contributed by atoms with Crippen LogP contribution in [-0.4, -0.2) is 11.1 Å². The van der Waals surface area contributed by atoms with Crippen LogP contribution in [0, 0.1) is 0 Å². The van der Waals surface area contributed by atoms with Crippen molar-refractivity contribution in [3.05, 3.63) is 53.4 Å². The van der Waals surface area contributed by atoms with Gasteiger partial charge in [-0.15, -0.1) is 11.3 Å². The molecular weight excluding hydrogens is 220 g/mol. The Labute approximate surface area is 97.5 Å². The Morgan fingerprint density at radius 2 is 1.88 bits per heavy atom. The summed E-state index contributed by atoms with van der Waals surface area (Å²) in [5, 5.41) is 8.52. The quantitative estimate of drug-likeness (QED) is 0.819. The third-order valence-electron chi connectivity index (χ3n) is 2.08. The Balaban J connectivity index is 2.23. The normalized spacial score (nSPS) is 10.8. The van der Waals surface area contributed by atoms with Crippen LogP contribution < -0.4 is 0 Å². The minimum absolute atomic E-state index is 0.922. The molecule has 0 aliphatic carbocycles. The molecule has 1 aromatic heterocycles. The first kappa shape index (κ1) is 10.6. The fourth-order valence-electron chi connectivity index (χ4n) is 1.35. The van der Waals surface area contributed by atoms with Crippen LogP contribution in [0.3, 0.4) is 0 Å². The maximum Gasteiger partial charge on any atom is 0.328 e. The number of aliphatic carboxylic acids is 1. The summed E-state index contributed by atoms with van der Waals surface area (Å²) in [7, 11) is 0. The van der Waals surface area contributed by atoms with Crippen LogP contribution in [0.1, 0.15) is 4.88 Å². The molecule has 0 aliphatic rings. The van der Waals surface area contributed by atoms with E-state index < -0.39 is 5.97 Å². The van der Waals surface area contributed by atoms with Crippen LogP contribution in [0.25, 0.3) is 16.5 Å². The van der Waals surface area contributed by atoms with Gasteiger partial charge < -0.3 is 5.11 Å². The van der Waals surface area contributed by atoms with Gasteiger partial charge in [0.05, 0.1) is 0 Å². The number of rotatable bonds is 3. The zero-order valence-electron chi connectivity index (χ0n) is 8.46. The molecule has 0 radical (unpaired) electrons. The van der Waals surface area contributed by atoms with Gasteiger partial charge in [0, 0.05) is 15.8 Å². The molecule has 0 atom stereocenters. The van der Waals surface area contributed by atoms with Gasteiger partial charge in [-0.2, -0.15) is 0 Å². The van der Waals surface area contributed by atoms with E-state index in [1.807, 2.05) is 42.5 Å². The number of benzene rings is 1. The minimum Gasteiger partial charge on any atom is -0.478 e. The number of hydrogen-bond acceptors (Lipinski definition) is 2. The molecule has 0 aliphatic heterocycles. The molecule has 0 saturated heterocycles. The molecule has 1 aromatic carbocycles. The van der Waals surface area contributed by atoms with Crippen molar-refractivity contribution in [2.45, 2.75) is 0 Å². The number of hydrogen-bond donors (Lipinski definition) is 1. The summed E-state index contributed by atoms with van der Waals surface area (Å²) in [5.74, 6) is -0.922. The summed E-state index contributed by atoms with van der Waals surface area (Å²) in [6.07, 6.45) is 2.76. The molecule has 0 amide bonds. The third kappa shape index (κ3) is 2.58. The van der Waals surface area contributed by atoms with Crippen molar-refractivity contribution < 1.29 is 9.90 Å². The molecule has 2 rings (SSSR count). The molecule has 16 heavy (non-hydrogen) atoms. The first-order valence-corrected chi connectivity index (χ1v) is 5.63. The highest BCUT2D eigenvalue weighted by atomic mass is 32.1. The van der Waals surface area contributed by atoms with Crippen LogP contribution in [0.4, 0.5) is 0 Å². The van der Waals surface area contributed by atoms with Gasteiger partial charge in [-0.3, -0.25) is 0 Å². The van der Waals surface area contributed by atoms with E-state index >= 15 is 0 Å². The Morgan fingerprint density at radius 1 is 1.12 bits per heavy atom. The molecule has 0 spiro atoms. The summed E-state index contributed by atoms with van der Waals surface area (Å²) >= 11 is 1.58. The lowest BCUT2D eigenvalue weighted by Gasteiger charge is -1.94. The fraction of sp³-hybridized carbons (Fsp3) is 0. The van der Waals surface area contributed by atoms with Crippen LogP contribution in [-0.2, 0) is 4.79 Å². The van der Waals surface area contributed by atoms with E-state index in [1.54, 1.807) is 17.4 Å². The molecule has 80 valence electrons. The number of carboxylic acids is 1. The molecule has 0 unspecified atom stereocenters. The Bertz CT molecular complexity index is 512. The van der Waals surface area contributed by atoms with Gasteiger partial charge in [0.25, 0.3) is 0 Å². The second kappa shape index (κ2) is 4.77. The molecule has 0 saturated carbocycles. The van der Waals surface area contributed by atoms with E-state index in [0.29, 0.717) is 0 Å². The largest absolute Gasteiger partial charge is 0.478 e. The molecule has 1 heterocycles. The van der Waals surface area contributed by atoms with Gasteiger partial charge >= 0.3 is 5.97 Å². The predicted octanol–water partition coefficient (Wildman–Crippen LogP) is 3.51. The average molecular weight is 230 g/mol.